The van der Waals surface area contributed by atoms with Gasteiger partial charge in [0, 0.05) is 24.4 Å². The lowest BCUT2D eigenvalue weighted by Gasteiger charge is -2.07. The van der Waals surface area contributed by atoms with Crippen molar-refractivity contribution >= 4 is 27.5 Å². The molecular weight excluding hydrogens is 346 g/mol. The van der Waals surface area contributed by atoms with Crippen LogP contribution < -0.4 is 10.9 Å². The number of fused-ring (bicyclic) bond motifs is 1. The molecule has 0 fully saturated rings. The summed E-state index contributed by atoms with van der Waals surface area (Å²) in [5, 5.41) is 3.65. The van der Waals surface area contributed by atoms with Crippen molar-refractivity contribution in [2.75, 3.05) is 6.54 Å². The third kappa shape index (κ3) is 5.66. The maximum atomic E-state index is 12.6. The number of hydrogen-bond donors (Lipinski definition) is 1. The lowest BCUT2D eigenvalue weighted by molar-refractivity contribution is -0.121. The van der Waals surface area contributed by atoms with Gasteiger partial charge in [0.05, 0.1) is 11.7 Å². The average Bonchev–Trinajstić information content (AvgIpc) is 2.91. The van der Waals surface area contributed by atoms with Crippen LogP contribution in [-0.4, -0.2) is 22.0 Å². The Balaban J connectivity index is 1.72. The standard InChI is InChI=1S/C20H31N3O2S/c1-4-5-6-7-8-9-10-12-21-17(24)11-13-23-14-22-19-18(20(23)25)15(2)16(3)26-19/h14H,4-13H2,1-3H3,(H,21,24). The summed E-state index contributed by atoms with van der Waals surface area (Å²) in [7, 11) is 0. The Morgan fingerprint density at radius 2 is 1.85 bits per heavy atom. The Hall–Kier alpha value is -1.69. The molecule has 2 aromatic heterocycles. The lowest BCUT2D eigenvalue weighted by Crippen LogP contribution is -2.28. The molecule has 0 aromatic carbocycles. The van der Waals surface area contributed by atoms with E-state index in [2.05, 4.69) is 17.2 Å². The minimum absolute atomic E-state index is 0.00111. The molecule has 2 aromatic rings. The summed E-state index contributed by atoms with van der Waals surface area (Å²) in [6.45, 7) is 7.28. The summed E-state index contributed by atoms with van der Waals surface area (Å²) in [6.07, 6.45) is 10.5. The van der Waals surface area contributed by atoms with Crippen molar-refractivity contribution in [1.29, 1.82) is 0 Å². The Morgan fingerprint density at radius 1 is 1.15 bits per heavy atom. The van der Waals surface area contributed by atoms with Crippen molar-refractivity contribution in [2.24, 2.45) is 0 Å². The van der Waals surface area contributed by atoms with Gasteiger partial charge in [-0.25, -0.2) is 4.98 Å². The highest BCUT2D eigenvalue weighted by Crippen LogP contribution is 2.25. The van der Waals surface area contributed by atoms with Crippen LogP contribution >= 0.6 is 11.3 Å². The van der Waals surface area contributed by atoms with E-state index in [1.165, 1.54) is 38.5 Å². The SMILES string of the molecule is CCCCCCCCCNC(=O)CCn1cnc2sc(C)c(C)c2c1=O. The van der Waals surface area contributed by atoms with E-state index in [4.69, 9.17) is 0 Å². The predicted octanol–water partition coefficient (Wildman–Crippen LogP) is 4.33. The molecule has 0 bridgehead atoms. The molecule has 0 aliphatic rings. The van der Waals surface area contributed by atoms with Crippen LogP contribution in [0.1, 0.15) is 68.7 Å². The first-order valence-electron chi connectivity index (χ1n) is 9.76. The number of aromatic nitrogens is 2. The van der Waals surface area contributed by atoms with Crippen LogP contribution in [0.4, 0.5) is 0 Å². The fourth-order valence-electron chi connectivity index (χ4n) is 3.05. The molecule has 0 atom stereocenters. The van der Waals surface area contributed by atoms with E-state index in [-0.39, 0.29) is 11.5 Å². The molecule has 0 unspecified atom stereocenters. The Kier molecular flexibility index (Phi) is 8.29. The first kappa shape index (κ1) is 20.6. The number of thiophene rings is 1. The van der Waals surface area contributed by atoms with E-state index in [9.17, 15) is 9.59 Å². The van der Waals surface area contributed by atoms with E-state index < -0.39 is 0 Å². The molecule has 144 valence electrons. The molecule has 0 saturated heterocycles. The summed E-state index contributed by atoms with van der Waals surface area (Å²) in [6, 6.07) is 0. The topological polar surface area (TPSA) is 64.0 Å². The molecule has 1 N–H and O–H groups in total. The Labute approximate surface area is 159 Å². The molecule has 5 nitrogen and oxygen atoms in total. The summed E-state index contributed by atoms with van der Waals surface area (Å²) >= 11 is 1.54. The quantitative estimate of drug-likeness (QED) is 0.593. The van der Waals surface area contributed by atoms with Gasteiger partial charge in [-0.3, -0.25) is 14.2 Å². The molecular formula is C20H31N3O2S. The predicted molar refractivity (Wildman–Crippen MR) is 109 cm³/mol. The number of amides is 1. The fraction of sp³-hybridized carbons (Fsp3) is 0.650. The van der Waals surface area contributed by atoms with E-state index in [0.717, 1.165) is 28.2 Å². The van der Waals surface area contributed by atoms with E-state index >= 15 is 0 Å². The smallest absolute Gasteiger partial charge is 0.262 e. The second kappa shape index (κ2) is 10.5. The van der Waals surface area contributed by atoms with Crippen molar-refractivity contribution in [3.8, 4) is 0 Å². The zero-order valence-electron chi connectivity index (χ0n) is 16.3. The van der Waals surface area contributed by atoms with Gasteiger partial charge >= 0.3 is 0 Å². The number of hydrogen-bond acceptors (Lipinski definition) is 4. The lowest BCUT2D eigenvalue weighted by atomic mass is 10.1. The average molecular weight is 378 g/mol. The number of aryl methyl sites for hydroxylation is 3. The van der Waals surface area contributed by atoms with Gasteiger partial charge in [0.15, 0.2) is 0 Å². The molecule has 1 amide bonds. The number of rotatable bonds is 11. The van der Waals surface area contributed by atoms with Crippen molar-refractivity contribution < 1.29 is 4.79 Å². The monoisotopic (exact) mass is 377 g/mol. The minimum atomic E-state index is -0.0447. The van der Waals surface area contributed by atoms with Crippen LogP contribution in [0.15, 0.2) is 11.1 Å². The molecule has 0 spiro atoms. The number of carbonyl (C=O) groups is 1. The molecule has 2 rings (SSSR count). The largest absolute Gasteiger partial charge is 0.356 e. The van der Waals surface area contributed by atoms with Gasteiger partial charge < -0.3 is 5.32 Å². The van der Waals surface area contributed by atoms with Gasteiger partial charge in [-0.1, -0.05) is 45.4 Å². The highest BCUT2D eigenvalue weighted by molar-refractivity contribution is 7.18. The molecule has 0 radical (unpaired) electrons. The van der Waals surface area contributed by atoms with E-state index in [1.54, 1.807) is 22.2 Å². The maximum Gasteiger partial charge on any atom is 0.262 e. The second-order valence-corrected chi connectivity index (χ2v) is 8.13. The van der Waals surface area contributed by atoms with Crippen LogP contribution in [0.5, 0.6) is 0 Å². The van der Waals surface area contributed by atoms with Crippen molar-refractivity contribution in [2.45, 2.75) is 78.7 Å². The normalized spacial score (nSPS) is 11.2. The van der Waals surface area contributed by atoms with Gasteiger partial charge in [-0.15, -0.1) is 11.3 Å². The van der Waals surface area contributed by atoms with Crippen molar-refractivity contribution in [3.05, 3.63) is 27.1 Å². The summed E-state index contributed by atoms with van der Waals surface area (Å²) in [4.78, 5) is 30.8. The fourth-order valence-corrected chi connectivity index (χ4v) is 4.04. The maximum absolute atomic E-state index is 12.6. The van der Waals surface area contributed by atoms with Crippen LogP contribution in [0, 0.1) is 13.8 Å². The molecule has 26 heavy (non-hydrogen) atoms. The zero-order valence-corrected chi connectivity index (χ0v) is 17.1. The van der Waals surface area contributed by atoms with E-state index in [1.807, 2.05) is 13.8 Å². The third-order valence-corrected chi connectivity index (χ3v) is 5.95. The van der Waals surface area contributed by atoms with Gasteiger partial charge in [0.1, 0.15) is 4.83 Å². The highest BCUT2D eigenvalue weighted by atomic mass is 32.1. The van der Waals surface area contributed by atoms with Crippen molar-refractivity contribution in [3.63, 3.8) is 0 Å². The van der Waals surface area contributed by atoms with Gasteiger partial charge in [0.2, 0.25) is 5.91 Å². The molecule has 0 aliphatic heterocycles. The first-order valence-corrected chi connectivity index (χ1v) is 10.6. The Morgan fingerprint density at radius 3 is 2.58 bits per heavy atom. The Bertz CT molecular complexity index is 779. The molecule has 2 heterocycles. The van der Waals surface area contributed by atoms with E-state index in [0.29, 0.717) is 18.4 Å². The first-order chi connectivity index (χ1) is 12.5. The van der Waals surface area contributed by atoms with Crippen LogP contribution in [0.2, 0.25) is 0 Å². The highest BCUT2D eigenvalue weighted by Gasteiger charge is 2.12. The van der Waals surface area contributed by atoms with Crippen LogP contribution in [0.3, 0.4) is 0 Å². The van der Waals surface area contributed by atoms with Crippen molar-refractivity contribution in [1.82, 2.24) is 14.9 Å². The molecule has 0 saturated carbocycles. The summed E-state index contributed by atoms with van der Waals surface area (Å²) < 4.78 is 1.55. The number of unbranched alkanes of at least 4 members (excludes halogenated alkanes) is 6. The molecule has 0 aliphatic carbocycles. The minimum Gasteiger partial charge on any atom is -0.356 e. The summed E-state index contributed by atoms with van der Waals surface area (Å²) in [5.41, 5.74) is 0.956. The number of carbonyl (C=O) groups excluding carboxylic acids is 1. The second-order valence-electron chi connectivity index (χ2n) is 6.93. The third-order valence-electron chi connectivity index (χ3n) is 4.84. The zero-order chi connectivity index (χ0) is 18.9. The molecule has 6 heteroatoms. The van der Waals surface area contributed by atoms with Gasteiger partial charge in [0.25, 0.3) is 5.56 Å². The van der Waals surface area contributed by atoms with Gasteiger partial charge in [-0.05, 0) is 25.8 Å². The van der Waals surface area contributed by atoms with Gasteiger partial charge in [-0.2, -0.15) is 0 Å². The summed E-state index contributed by atoms with van der Waals surface area (Å²) in [5.74, 6) is 0.00111. The van der Waals surface area contributed by atoms with Crippen LogP contribution in [-0.2, 0) is 11.3 Å². The van der Waals surface area contributed by atoms with Crippen LogP contribution in [0.25, 0.3) is 10.2 Å². The number of nitrogens with zero attached hydrogens (tertiary/aromatic N) is 2. The number of nitrogens with one attached hydrogen (secondary N) is 1.